The molecule has 1 heterocycles. The summed E-state index contributed by atoms with van der Waals surface area (Å²) < 4.78 is 0. The molecule has 0 radical (unpaired) electrons. The fourth-order valence-electron chi connectivity index (χ4n) is 2.40. The van der Waals surface area contributed by atoms with Crippen molar-refractivity contribution in [3.63, 3.8) is 0 Å². The van der Waals surface area contributed by atoms with Crippen LogP contribution in [0, 0.1) is 6.92 Å². The summed E-state index contributed by atoms with van der Waals surface area (Å²) in [5.74, 6) is 0. The number of aliphatic hydroxyl groups is 1. The molecule has 0 fully saturated rings. The molecule has 0 amide bonds. The monoisotopic (exact) mass is 219 g/mol. The molecule has 1 aliphatic heterocycles. The van der Waals surface area contributed by atoms with Crippen LogP contribution in [0.3, 0.4) is 0 Å². The molecular formula is C14H21NO. The minimum absolute atomic E-state index is 0.218. The Morgan fingerprint density at radius 2 is 2.25 bits per heavy atom. The normalized spacial score (nSPS) is 21.8. The first-order chi connectivity index (χ1) is 7.61. The van der Waals surface area contributed by atoms with Crippen LogP contribution in [0.15, 0.2) is 18.2 Å². The predicted octanol–water partition coefficient (Wildman–Crippen LogP) is 2.52. The van der Waals surface area contributed by atoms with Gasteiger partial charge in [-0.05, 0) is 37.5 Å². The zero-order valence-electron chi connectivity index (χ0n) is 10.4. The Balaban J connectivity index is 2.39. The Labute approximate surface area is 97.9 Å². The van der Waals surface area contributed by atoms with Gasteiger partial charge in [0.2, 0.25) is 0 Å². The second-order valence-corrected chi connectivity index (χ2v) is 4.90. The van der Waals surface area contributed by atoms with E-state index < -0.39 is 0 Å². The fraction of sp³-hybridized carbons (Fsp3) is 0.571. The predicted molar refractivity (Wildman–Crippen MR) is 68.0 cm³/mol. The average molecular weight is 219 g/mol. The molecule has 0 unspecified atom stereocenters. The van der Waals surface area contributed by atoms with E-state index in [4.69, 9.17) is 0 Å². The highest BCUT2D eigenvalue weighted by atomic mass is 16.3. The summed E-state index contributed by atoms with van der Waals surface area (Å²) in [7, 11) is 0. The van der Waals surface area contributed by atoms with E-state index in [2.05, 4.69) is 43.9 Å². The van der Waals surface area contributed by atoms with Gasteiger partial charge in [0.25, 0.3) is 0 Å². The number of nitrogens with zero attached hydrogens (tertiary/aromatic N) is 1. The van der Waals surface area contributed by atoms with Gasteiger partial charge in [0.1, 0.15) is 0 Å². The molecule has 0 spiro atoms. The number of aliphatic hydroxyl groups excluding tert-OH is 1. The van der Waals surface area contributed by atoms with E-state index in [1.54, 1.807) is 0 Å². The number of hydrogen-bond donors (Lipinski definition) is 1. The van der Waals surface area contributed by atoms with Crippen LogP contribution in [0.25, 0.3) is 0 Å². The molecule has 1 N–H and O–H groups in total. The smallest absolute Gasteiger partial charge is 0.0756 e. The third-order valence-electron chi connectivity index (χ3n) is 3.54. The first-order valence-electron chi connectivity index (χ1n) is 6.16. The summed E-state index contributed by atoms with van der Waals surface area (Å²) in [4.78, 5) is 2.34. The average Bonchev–Trinajstić information content (AvgIpc) is 2.27. The second kappa shape index (κ2) is 4.46. The molecule has 88 valence electrons. The van der Waals surface area contributed by atoms with E-state index in [9.17, 15) is 5.11 Å². The van der Waals surface area contributed by atoms with Crippen molar-refractivity contribution in [1.29, 1.82) is 0 Å². The van der Waals surface area contributed by atoms with E-state index in [0.29, 0.717) is 6.04 Å². The van der Waals surface area contributed by atoms with Gasteiger partial charge in [-0.1, -0.05) is 19.1 Å². The molecule has 0 saturated carbocycles. The van der Waals surface area contributed by atoms with Crippen LogP contribution in [0.4, 0.5) is 5.69 Å². The SMILES string of the molecule is CC[C@H](C)N1C[C@H](O)Cc2ccc(C)cc21. The van der Waals surface area contributed by atoms with Crippen molar-refractivity contribution in [3.8, 4) is 0 Å². The lowest BCUT2D eigenvalue weighted by atomic mass is 9.96. The summed E-state index contributed by atoms with van der Waals surface area (Å²) in [6.07, 6.45) is 1.69. The van der Waals surface area contributed by atoms with Gasteiger partial charge in [-0.3, -0.25) is 0 Å². The van der Waals surface area contributed by atoms with Crippen molar-refractivity contribution >= 4 is 5.69 Å². The number of benzene rings is 1. The van der Waals surface area contributed by atoms with Crippen LogP contribution in [0.1, 0.15) is 31.4 Å². The molecule has 0 aromatic heterocycles. The first-order valence-corrected chi connectivity index (χ1v) is 6.16. The lowest BCUT2D eigenvalue weighted by Gasteiger charge is -2.38. The Morgan fingerprint density at radius 1 is 1.50 bits per heavy atom. The third-order valence-corrected chi connectivity index (χ3v) is 3.54. The number of rotatable bonds is 2. The topological polar surface area (TPSA) is 23.5 Å². The molecule has 2 heteroatoms. The summed E-state index contributed by atoms with van der Waals surface area (Å²) in [5.41, 5.74) is 3.90. The zero-order chi connectivity index (χ0) is 11.7. The minimum Gasteiger partial charge on any atom is -0.391 e. The van der Waals surface area contributed by atoms with Crippen molar-refractivity contribution in [3.05, 3.63) is 29.3 Å². The van der Waals surface area contributed by atoms with Crippen molar-refractivity contribution in [2.45, 2.75) is 45.8 Å². The van der Waals surface area contributed by atoms with Crippen molar-refractivity contribution in [2.75, 3.05) is 11.4 Å². The summed E-state index contributed by atoms with van der Waals surface area (Å²) in [6.45, 7) is 7.32. The zero-order valence-corrected chi connectivity index (χ0v) is 10.4. The van der Waals surface area contributed by atoms with Crippen molar-refractivity contribution < 1.29 is 5.11 Å². The van der Waals surface area contributed by atoms with Crippen LogP contribution < -0.4 is 4.90 Å². The first kappa shape index (κ1) is 11.5. The number of fused-ring (bicyclic) bond motifs is 1. The van der Waals surface area contributed by atoms with Crippen LogP contribution in [-0.2, 0) is 6.42 Å². The second-order valence-electron chi connectivity index (χ2n) is 4.90. The molecule has 0 bridgehead atoms. The molecule has 0 aliphatic carbocycles. The molecule has 1 aromatic carbocycles. The maximum absolute atomic E-state index is 9.90. The maximum Gasteiger partial charge on any atom is 0.0756 e. The fourth-order valence-corrected chi connectivity index (χ4v) is 2.40. The van der Waals surface area contributed by atoms with E-state index in [1.165, 1.54) is 16.8 Å². The minimum atomic E-state index is -0.218. The van der Waals surface area contributed by atoms with Gasteiger partial charge < -0.3 is 10.0 Å². The Bertz CT molecular complexity index is 375. The molecule has 1 aliphatic rings. The third kappa shape index (κ3) is 2.07. The van der Waals surface area contributed by atoms with Crippen LogP contribution in [0.2, 0.25) is 0 Å². The molecule has 1 aromatic rings. The number of β-amino-alcohol motifs (C(OH)–C–C–N with tert-alkyl or cyclic N) is 1. The van der Waals surface area contributed by atoms with Gasteiger partial charge in [0.15, 0.2) is 0 Å². The van der Waals surface area contributed by atoms with Crippen LogP contribution in [-0.4, -0.2) is 23.8 Å². The molecular weight excluding hydrogens is 198 g/mol. The van der Waals surface area contributed by atoms with E-state index in [1.807, 2.05) is 0 Å². The summed E-state index contributed by atoms with van der Waals surface area (Å²) in [5, 5.41) is 9.90. The molecule has 2 nitrogen and oxygen atoms in total. The summed E-state index contributed by atoms with van der Waals surface area (Å²) in [6, 6.07) is 7.03. The van der Waals surface area contributed by atoms with E-state index >= 15 is 0 Å². The Hall–Kier alpha value is -1.02. The highest BCUT2D eigenvalue weighted by Crippen LogP contribution is 2.30. The standard InChI is InChI=1S/C14H21NO/c1-4-11(3)15-9-13(16)8-12-6-5-10(2)7-14(12)15/h5-7,11,13,16H,4,8-9H2,1-3H3/t11-,13+/m0/s1. The lowest BCUT2D eigenvalue weighted by molar-refractivity contribution is 0.172. The van der Waals surface area contributed by atoms with Gasteiger partial charge in [-0.2, -0.15) is 0 Å². The van der Waals surface area contributed by atoms with Gasteiger partial charge >= 0.3 is 0 Å². The van der Waals surface area contributed by atoms with Crippen LogP contribution >= 0.6 is 0 Å². The molecule has 16 heavy (non-hydrogen) atoms. The molecule has 2 atom stereocenters. The molecule has 2 rings (SSSR count). The highest BCUT2D eigenvalue weighted by Gasteiger charge is 2.25. The van der Waals surface area contributed by atoms with Gasteiger partial charge in [0, 0.05) is 24.7 Å². The van der Waals surface area contributed by atoms with E-state index in [-0.39, 0.29) is 6.10 Å². The Kier molecular flexibility index (Phi) is 3.20. The number of anilines is 1. The van der Waals surface area contributed by atoms with Gasteiger partial charge in [-0.25, -0.2) is 0 Å². The quantitative estimate of drug-likeness (QED) is 0.826. The van der Waals surface area contributed by atoms with Crippen molar-refractivity contribution in [2.24, 2.45) is 0 Å². The largest absolute Gasteiger partial charge is 0.391 e. The molecule has 0 saturated heterocycles. The maximum atomic E-state index is 9.90. The highest BCUT2D eigenvalue weighted by molar-refractivity contribution is 5.58. The van der Waals surface area contributed by atoms with Crippen LogP contribution in [0.5, 0.6) is 0 Å². The Morgan fingerprint density at radius 3 is 2.94 bits per heavy atom. The van der Waals surface area contributed by atoms with Gasteiger partial charge in [-0.15, -0.1) is 0 Å². The lowest BCUT2D eigenvalue weighted by Crippen LogP contribution is -2.43. The number of aryl methyl sites for hydroxylation is 1. The van der Waals surface area contributed by atoms with Gasteiger partial charge in [0.05, 0.1) is 6.10 Å². The number of hydrogen-bond acceptors (Lipinski definition) is 2. The van der Waals surface area contributed by atoms with Crippen molar-refractivity contribution in [1.82, 2.24) is 0 Å². The van der Waals surface area contributed by atoms with E-state index in [0.717, 1.165) is 19.4 Å². The summed E-state index contributed by atoms with van der Waals surface area (Å²) >= 11 is 0.